The van der Waals surface area contributed by atoms with Crippen molar-refractivity contribution < 1.29 is 13.2 Å². The van der Waals surface area contributed by atoms with Crippen LogP contribution in [0.2, 0.25) is 0 Å². The van der Waals surface area contributed by atoms with Gasteiger partial charge in [0.05, 0.1) is 0 Å². The molecular weight excluding hydrogens is 241 g/mol. The van der Waals surface area contributed by atoms with Crippen molar-refractivity contribution in [1.82, 2.24) is 5.32 Å². The first-order valence-electron chi connectivity index (χ1n) is 6.07. The summed E-state index contributed by atoms with van der Waals surface area (Å²) in [7, 11) is 0. The molecule has 0 radical (unpaired) electrons. The summed E-state index contributed by atoms with van der Waals surface area (Å²) in [5.74, 6) is 0. The van der Waals surface area contributed by atoms with Crippen LogP contribution in [0.25, 0.3) is 0 Å². The summed E-state index contributed by atoms with van der Waals surface area (Å²) >= 11 is 0. The second-order valence-corrected chi connectivity index (χ2v) is 4.08. The van der Waals surface area contributed by atoms with E-state index in [-0.39, 0.29) is 0 Å². The molecule has 0 saturated heterocycles. The lowest BCUT2D eigenvalue weighted by Gasteiger charge is -2.24. The molecule has 0 amide bonds. The van der Waals surface area contributed by atoms with E-state index in [1.807, 2.05) is 19.1 Å². The van der Waals surface area contributed by atoms with Crippen LogP contribution in [0.5, 0.6) is 0 Å². The van der Waals surface area contributed by atoms with Crippen LogP contribution in [0, 0.1) is 0 Å². The highest BCUT2D eigenvalue weighted by atomic mass is 19.4. The molecule has 0 aromatic heterocycles. The number of nitrogens with one attached hydrogen (secondary N) is 1. The van der Waals surface area contributed by atoms with Gasteiger partial charge in [-0.1, -0.05) is 19.1 Å². The van der Waals surface area contributed by atoms with Crippen LogP contribution in [0.15, 0.2) is 24.3 Å². The Balaban J connectivity index is 2.69. The number of alkyl halides is 3. The molecule has 2 nitrogen and oxygen atoms in total. The molecule has 18 heavy (non-hydrogen) atoms. The van der Waals surface area contributed by atoms with Gasteiger partial charge in [-0.3, -0.25) is 0 Å². The molecule has 1 N–H and O–H groups in total. The maximum atomic E-state index is 12.4. The van der Waals surface area contributed by atoms with Crippen molar-refractivity contribution in [3.8, 4) is 0 Å². The van der Waals surface area contributed by atoms with Crippen LogP contribution < -0.4 is 10.2 Å². The molecule has 0 atom stereocenters. The van der Waals surface area contributed by atoms with Crippen LogP contribution in [-0.2, 0) is 6.54 Å². The molecule has 0 bridgehead atoms. The summed E-state index contributed by atoms with van der Waals surface area (Å²) in [6.07, 6.45) is -4.17. The molecule has 0 unspecified atom stereocenters. The number of nitrogens with zero attached hydrogens (tertiary/aromatic N) is 1. The summed E-state index contributed by atoms with van der Waals surface area (Å²) in [6.45, 7) is 4.77. The minimum Gasteiger partial charge on any atom is -0.363 e. The standard InChI is InChI=1S/C13H19F3N2/c1-3-17-9-11-5-7-12(8-6-11)18(4-2)10-13(14,15)16/h5-8,17H,3-4,9-10H2,1-2H3. The molecule has 5 heteroatoms. The summed E-state index contributed by atoms with van der Waals surface area (Å²) in [6, 6.07) is 7.19. The average Bonchev–Trinajstić information content (AvgIpc) is 2.33. The first kappa shape index (κ1) is 14.8. The lowest BCUT2D eigenvalue weighted by atomic mass is 10.2. The van der Waals surface area contributed by atoms with E-state index in [1.54, 1.807) is 19.1 Å². The van der Waals surface area contributed by atoms with Crippen molar-refractivity contribution in [3.63, 3.8) is 0 Å². The highest BCUT2D eigenvalue weighted by Gasteiger charge is 2.30. The molecule has 0 saturated carbocycles. The third kappa shape index (κ3) is 4.96. The Kier molecular flexibility index (Phi) is 5.47. The lowest BCUT2D eigenvalue weighted by Crippen LogP contribution is -2.34. The van der Waals surface area contributed by atoms with E-state index >= 15 is 0 Å². The number of halogens is 3. The van der Waals surface area contributed by atoms with Crippen LogP contribution in [0.3, 0.4) is 0 Å². The molecule has 0 aliphatic rings. The summed E-state index contributed by atoms with van der Waals surface area (Å²) in [4.78, 5) is 1.32. The Bertz CT molecular complexity index is 346. The Hall–Kier alpha value is -1.23. The van der Waals surface area contributed by atoms with Gasteiger partial charge >= 0.3 is 6.18 Å². The quantitative estimate of drug-likeness (QED) is 0.845. The number of anilines is 1. The van der Waals surface area contributed by atoms with Crippen molar-refractivity contribution >= 4 is 5.69 Å². The van der Waals surface area contributed by atoms with Crippen LogP contribution in [0.1, 0.15) is 19.4 Å². The van der Waals surface area contributed by atoms with Gasteiger partial charge in [0, 0.05) is 18.8 Å². The molecule has 1 aromatic carbocycles. The first-order chi connectivity index (χ1) is 8.46. The molecule has 0 fully saturated rings. The maximum Gasteiger partial charge on any atom is 0.405 e. The van der Waals surface area contributed by atoms with Gasteiger partial charge in [0.25, 0.3) is 0 Å². The monoisotopic (exact) mass is 260 g/mol. The fourth-order valence-corrected chi connectivity index (χ4v) is 1.70. The molecule has 1 rings (SSSR count). The topological polar surface area (TPSA) is 15.3 Å². The van der Waals surface area contributed by atoms with Gasteiger partial charge in [0.1, 0.15) is 6.54 Å². The predicted molar refractivity (Wildman–Crippen MR) is 67.8 cm³/mol. The SMILES string of the molecule is CCNCc1ccc(N(CC)CC(F)(F)F)cc1. The molecule has 0 aliphatic heterocycles. The van der Waals surface area contributed by atoms with Gasteiger partial charge in [0.2, 0.25) is 0 Å². The van der Waals surface area contributed by atoms with Crippen LogP contribution in [0.4, 0.5) is 18.9 Å². The van der Waals surface area contributed by atoms with Gasteiger partial charge in [-0.2, -0.15) is 13.2 Å². The van der Waals surface area contributed by atoms with Gasteiger partial charge in [-0.15, -0.1) is 0 Å². The van der Waals surface area contributed by atoms with E-state index in [0.717, 1.165) is 18.7 Å². The number of hydrogen-bond acceptors (Lipinski definition) is 2. The summed E-state index contributed by atoms with van der Waals surface area (Å²) in [5, 5.41) is 3.17. The number of benzene rings is 1. The number of rotatable bonds is 6. The van der Waals surface area contributed by atoms with Crippen molar-refractivity contribution in [2.75, 3.05) is 24.5 Å². The van der Waals surface area contributed by atoms with Crippen molar-refractivity contribution in [3.05, 3.63) is 29.8 Å². The molecule has 0 spiro atoms. The fraction of sp³-hybridized carbons (Fsp3) is 0.538. The van der Waals surface area contributed by atoms with Crippen molar-refractivity contribution in [2.24, 2.45) is 0 Å². The Morgan fingerprint density at radius 2 is 1.72 bits per heavy atom. The van der Waals surface area contributed by atoms with E-state index < -0.39 is 12.7 Å². The lowest BCUT2D eigenvalue weighted by molar-refractivity contribution is -0.119. The van der Waals surface area contributed by atoms with Crippen LogP contribution in [-0.4, -0.2) is 25.8 Å². The van der Waals surface area contributed by atoms with E-state index in [1.165, 1.54) is 4.90 Å². The van der Waals surface area contributed by atoms with Crippen molar-refractivity contribution in [2.45, 2.75) is 26.6 Å². The Morgan fingerprint density at radius 3 is 2.17 bits per heavy atom. The van der Waals surface area contributed by atoms with E-state index in [2.05, 4.69) is 5.32 Å². The molecule has 0 aliphatic carbocycles. The van der Waals surface area contributed by atoms with Gasteiger partial charge < -0.3 is 10.2 Å². The normalized spacial score (nSPS) is 11.6. The minimum atomic E-state index is -4.17. The summed E-state index contributed by atoms with van der Waals surface area (Å²) < 4.78 is 37.1. The van der Waals surface area contributed by atoms with E-state index in [4.69, 9.17) is 0 Å². The number of hydrogen-bond donors (Lipinski definition) is 1. The molecule has 102 valence electrons. The maximum absolute atomic E-state index is 12.4. The predicted octanol–water partition coefficient (Wildman–Crippen LogP) is 3.18. The average molecular weight is 260 g/mol. The fourth-order valence-electron chi connectivity index (χ4n) is 1.70. The zero-order chi connectivity index (χ0) is 13.6. The van der Waals surface area contributed by atoms with Crippen molar-refractivity contribution in [1.29, 1.82) is 0 Å². The smallest absolute Gasteiger partial charge is 0.363 e. The van der Waals surface area contributed by atoms with Gasteiger partial charge in [-0.25, -0.2) is 0 Å². The third-order valence-corrected chi connectivity index (χ3v) is 2.63. The second-order valence-electron chi connectivity index (χ2n) is 4.08. The third-order valence-electron chi connectivity index (χ3n) is 2.63. The molecular formula is C13H19F3N2. The zero-order valence-electron chi connectivity index (χ0n) is 10.7. The van der Waals surface area contributed by atoms with E-state index in [9.17, 15) is 13.2 Å². The summed E-state index contributed by atoms with van der Waals surface area (Å²) in [5.41, 5.74) is 1.68. The second kappa shape index (κ2) is 6.64. The Morgan fingerprint density at radius 1 is 1.11 bits per heavy atom. The first-order valence-corrected chi connectivity index (χ1v) is 6.07. The highest BCUT2D eigenvalue weighted by molar-refractivity contribution is 5.47. The van der Waals surface area contributed by atoms with Crippen LogP contribution >= 0.6 is 0 Å². The van der Waals surface area contributed by atoms with Gasteiger partial charge in [0.15, 0.2) is 0 Å². The largest absolute Gasteiger partial charge is 0.405 e. The minimum absolute atomic E-state index is 0.339. The Labute approximate surface area is 106 Å². The van der Waals surface area contributed by atoms with Gasteiger partial charge in [-0.05, 0) is 31.2 Å². The molecule has 1 aromatic rings. The highest BCUT2D eigenvalue weighted by Crippen LogP contribution is 2.22. The van der Waals surface area contributed by atoms with E-state index in [0.29, 0.717) is 12.2 Å². The molecule has 0 heterocycles. The zero-order valence-corrected chi connectivity index (χ0v) is 10.7.